The van der Waals surface area contributed by atoms with Crippen LogP contribution in [0.15, 0.2) is 36.4 Å². The Hall–Kier alpha value is -3.43. The Balaban J connectivity index is 1.62. The Morgan fingerprint density at radius 2 is 1.90 bits per heavy atom. The van der Waals surface area contributed by atoms with E-state index in [-0.39, 0.29) is 6.54 Å². The molecule has 0 aliphatic carbocycles. The van der Waals surface area contributed by atoms with Crippen molar-refractivity contribution >= 4 is 28.3 Å². The van der Waals surface area contributed by atoms with Crippen LogP contribution in [0.2, 0.25) is 0 Å². The van der Waals surface area contributed by atoms with Gasteiger partial charge in [-0.2, -0.15) is 9.61 Å². The summed E-state index contributed by atoms with van der Waals surface area (Å²) in [7, 11) is 0. The summed E-state index contributed by atoms with van der Waals surface area (Å²) < 4.78 is 40.9. The van der Waals surface area contributed by atoms with E-state index in [0.717, 1.165) is 11.0 Å². The van der Waals surface area contributed by atoms with Crippen molar-refractivity contribution in [1.82, 2.24) is 24.6 Å². The molecule has 3 aromatic heterocycles. The molecule has 4 heterocycles. The van der Waals surface area contributed by atoms with E-state index in [2.05, 4.69) is 25.4 Å². The molecule has 1 aliphatic rings. The van der Waals surface area contributed by atoms with Gasteiger partial charge in [-0.1, -0.05) is 12.1 Å². The van der Waals surface area contributed by atoms with Crippen molar-refractivity contribution in [2.45, 2.75) is 25.9 Å². The van der Waals surface area contributed by atoms with Crippen molar-refractivity contribution in [3.63, 3.8) is 0 Å². The maximum Gasteiger partial charge on any atom is 0.255 e. The minimum absolute atomic E-state index is 0.230. The lowest BCUT2D eigenvalue weighted by Gasteiger charge is -2.18. The van der Waals surface area contributed by atoms with E-state index in [0.29, 0.717) is 47.3 Å². The first-order chi connectivity index (χ1) is 15.0. The van der Waals surface area contributed by atoms with Gasteiger partial charge in [-0.15, -0.1) is 0 Å². The Morgan fingerprint density at radius 3 is 2.61 bits per heavy atom. The third-order valence-electron chi connectivity index (χ3n) is 5.29. The van der Waals surface area contributed by atoms with Gasteiger partial charge in [0.2, 0.25) is 0 Å². The monoisotopic (exact) mass is 427 g/mol. The highest BCUT2D eigenvalue weighted by Crippen LogP contribution is 2.28. The fourth-order valence-electron chi connectivity index (χ4n) is 3.80. The van der Waals surface area contributed by atoms with Crippen LogP contribution in [0.5, 0.6) is 0 Å². The van der Waals surface area contributed by atoms with E-state index in [1.54, 1.807) is 12.1 Å². The minimum Gasteiger partial charge on any atom is -0.364 e. The van der Waals surface area contributed by atoms with Crippen LogP contribution in [-0.2, 0) is 0 Å². The normalized spacial score (nSPS) is 16.7. The number of nitrogens with zero attached hydrogens (tertiary/aromatic N) is 6. The average Bonchev–Trinajstić information content (AvgIpc) is 3.37. The molecule has 160 valence electrons. The molecule has 0 bridgehead atoms. The molecule has 7 nitrogen and oxygen atoms in total. The van der Waals surface area contributed by atoms with Crippen molar-refractivity contribution in [2.75, 3.05) is 29.9 Å². The zero-order valence-corrected chi connectivity index (χ0v) is 16.8. The Kier molecular flexibility index (Phi) is 4.84. The van der Waals surface area contributed by atoms with Gasteiger partial charge in [-0.05, 0) is 25.5 Å². The van der Waals surface area contributed by atoms with Crippen LogP contribution in [0.4, 0.5) is 24.8 Å². The van der Waals surface area contributed by atoms with E-state index >= 15 is 0 Å². The van der Waals surface area contributed by atoms with Gasteiger partial charge < -0.3 is 10.2 Å². The van der Waals surface area contributed by atoms with Crippen LogP contribution in [-0.4, -0.2) is 56.8 Å². The Morgan fingerprint density at radius 1 is 1.13 bits per heavy atom. The number of fused-ring (bicyclic) bond motifs is 2. The Labute approximate surface area is 175 Å². The highest BCUT2D eigenvalue weighted by molar-refractivity contribution is 5.78. The van der Waals surface area contributed by atoms with Gasteiger partial charge >= 0.3 is 0 Å². The summed E-state index contributed by atoms with van der Waals surface area (Å²) in [6.45, 7) is 2.07. The SMILES string of the molecule is Cc1nc2ccccc2nc1-c1cc2nc(N3CC[C@@H](F)C3)cc(NCC(F)F)n2n1. The summed E-state index contributed by atoms with van der Waals surface area (Å²) in [5.74, 6) is 0.887. The van der Waals surface area contributed by atoms with Crippen molar-refractivity contribution in [1.29, 1.82) is 0 Å². The predicted octanol–water partition coefficient (Wildman–Crippen LogP) is 3.87. The lowest BCUT2D eigenvalue weighted by atomic mass is 10.2. The highest BCUT2D eigenvalue weighted by atomic mass is 19.3. The smallest absolute Gasteiger partial charge is 0.255 e. The first-order valence-electron chi connectivity index (χ1n) is 10.0. The molecular weight excluding hydrogens is 407 g/mol. The summed E-state index contributed by atoms with van der Waals surface area (Å²) >= 11 is 0. The lowest BCUT2D eigenvalue weighted by molar-refractivity contribution is 0.163. The molecule has 0 saturated carbocycles. The molecule has 4 aromatic rings. The fourth-order valence-corrected chi connectivity index (χ4v) is 3.80. The predicted molar refractivity (Wildman–Crippen MR) is 112 cm³/mol. The van der Waals surface area contributed by atoms with Crippen molar-refractivity contribution in [3.8, 4) is 11.4 Å². The zero-order chi connectivity index (χ0) is 21.5. The number of para-hydroxylation sites is 2. The van der Waals surface area contributed by atoms with Gasteiger partial charge in [-0.25, -0.2) is 28.1 Å². The van der Waals surface area contributed by atoms with E-state index in [1.165, 1.54) is 4.52 Å². The maximum absolute atomic E-state index is 13.7. The van der Waals surface area contributed by atoms with E-state index in [1.807, 2.05) is 36.1 Å². The molecule has 0 radical (unpaired) electrons. The summed E-state index contributed by atoms with van der Waals surface area (Å²) in [6, 6.07) is 10.9. The zero-order valence-electron chi connectivity index (χ0n) is 16.8. The lowest BCUT2D eigenvalue weighted by Crippen LogP contribution is -2.22. The maximum atomic E-state index is 13.7. The fraction of sp³-hybridized carbons (Fsp3) is 0.333. The van der Waals surface area contributed by atoms with E-state index < -0.39 is 19.1 Å². The summed E-state index contributed by atoms with van der Waals surface area (Å²) in [6.07, 6.45) is -3.04. The quantitative estimate of drug-likeness (QED) is 0.521. The van der Waals surface area contributed by atoms with Gasteiger partial charge in [0.05, 0.1) is 29.8 Å². The number of halogens is 3. The summed E-state index contributed by atoms with van der Waals surface area (Å²) in [4.78, 5) is 15.7. The van der Waals surface area contributed by atoms with Gasteiger partial charge in [-0.3, -0.25) is 0 Å². The number of hydrogen-bond acceptors (Lipinski definition) is 6. The molecule has 1 saturated heterocycles. The topological polar surface area (TPSA) is 71.2 Å². The number of alkyl halides is 3. The third-order valence-corrected chi connectivity index (χ3v) is 5.29. The summed E-state index contributed by atoms with van der Waals surface area (Å²) in [5, 5.41) is 7.29. The minimum atomic E-state index is -2.53. The third kappa shape index (κ3) is 3.73. The van der Waals surface area contributed by atoms with Crippen molar-refractivity contribution < 1.29 is 13.2 Å². The molecule has 5 rings (SSSR count). The number of aromatic nitrogens is 5. The first kappa shape index (κ1) is 19.5. The van der Waals surface area contributed by atoms with Crippen molar-refractivity contribution in [3.05, 3.63) is 42.1 Å². The molecule has 10 heteroatoms. The number of benzene rings is 1. The van der Waals surface area contributed by atoms with Gasteiger partial charge in [0.15, 0.2) is 5.65 Å². The van der Waals surface area contributed by atoms with Crippen LogP contribution in [0.1, 0.15) is 12.1 Å². The molecule has 31 heavy (non-hydrogen) atoms. The largest absolute Gasteiger partial charge is 0.364 e. The first-order valence-corrected chi connectivity index (χ1v) is 10.0. The molecule has 1 aromatic carbocycles. The number of aryl methyl sites for hydroxylation is 1. The molecule has 0 unspecified atom stereocenters. The van der Waals surface area contributed by atoms with E-state index in [4.69, 9.17) is 0 Å². The molecule has 0 amide bonds. The second kappa shape index (κ2) is 7.68. The van der Waals surface area contributed by atoms with Gasteiger partial charge in [0.25, 0.3) is 6.43 Å². The van der Waals surface area contributed by atoms with Crippen LogP contribution >= 0.6 is 0 Å². The van der Waals surface area contributed by atoms with Crippen LogP contribution in [0.3, 0.4) is 0 Å². The van der Waals surface area contributed by atoms with Gasteiger partial charge in [0.1, 0.15) is 29.2 Å². The molecule has 1 fully saturated rings. The van der Waals surface area contributed by atoms with Gasteiger partial charge in [0, 0.05) is 18.7 Å². The Bertz CT molecular complexity index is 1260. The summed E-state index contributed by atoms with van der Waals surface area (Å²) in [5.41, 5.74) is 3.80. The molecular formula is C21H20F3N7. The average molecular weight is 427 g/mol. The number of anilines is 2. The molecule has 0 spiro atoms. The van der Waals surface area contributed by atoms with E-state index in [9.17, 15) is 13.2 Å². The number of rotatable bonds is 5. The molecule has 1 atom stereocenters. The second-order valence-corrected chi connectivity index (χ2v) is 7.55. The van der Waals surface area contributed by atoms with Crippen molar-refractivity contribution in [2.24, 2.45) is 0 Å². The molecule has 1 N–H and O–H groups in total. The number of nitrogens with one attached hydrogen (secondary N) is 1. The molecule has 1 aliphatic heterocycles. The van der Waals surface area contributed by atoms with Crippen LogP contribution < -0.4 is 10.2 Å². The van der Waals surface area contributed by atoms with Crippen LogP contribution in [0.25, 0.3) is 28.1 Å². The standard InChI is InChI=1S/C21H20F3N7/c1-12-21(27-15-5-3-2-4-14(15)26-12)16-8-20-28-19(30-7-6-13(22)11-30)9-18(31(20)29-16)25-10-17(23)24/h2-5,8-9,13,17,25H,6-7,10-11H2,1H3/t13-/m1/s1. The second-order valence-electron chi connectivity index (χ2n) is 7.55. The van der Waals surface area contributed by atoms with Crippen LogP contribution in [0, 0.1) is 6.92 Å². The highest BCUT2D eigenvalue weighted by Gasteiger charge is 2.24. The number of hydrogen-bond donors (Lipinski definition) is 1.